The summed E-state index contributed by atoms with van der Waals surface area (Å²) >= 11 is 0. The number of pyridine rings is 1. The number of aromatic nitrogens is 1. The fourth-order valence-corrected chi connectivity index (χ4v) is 2.18. The molecular weight excluding hydrogens is 259 g/mol. The SMILES string of the molecule is CCCn1c(C(=O)N(C)C)cc2cc(F)ccc2c1=O. The molecule has 0 aliphatic rings. The first-order valence-electron chi connectivity index (χ1n) is 6.50. The molecule has 0 spiro atoms. The molecule has 20 heavy (non-hydrogen) atoms. The molecule has 0 fully saturated rings. The van der Waals surface area contributed by atoms with Crippen LogP contribution in [-0.4, -0.2) is 29.5 Å². The van der Waals surface area contributed by atoms with E-state index in [1.54, 1.807) is 20.2 Å². The van der Waals surface area contributed by atoms with Crippen molar-refractivity contribution in [2.45, 2.75) is 19.9 Å². The summed E-state index contributed by atoms with van der Waals surface area (Å²) in [5.74, 6) is -0.685. The Bertz CT molecular complexity index is 720. The van der Waals surface area contributed by atoms with E-state index in [4.69, 9.17) is 0 Å². The molecule has 106 valence electrons. The van der Waals surface area contributed by atoms with Gasteiger partial charge in [0.05, 0.1) is 0 Å². The summed E-state index contributed by atoms with van der Waals surface area (Å²) < 4.78 is 14.8. The monoisotopic (exact) mass is 276 g/mol. The highest BCUT2D eigenvalue weighted by Gasteiger charge is 2.16. The van der Waals surface area contributed by atoms with E-state index < -0.39 is 5.82 Å². The van der Waals surface area contributed by atoms with Crippen LogP contribution in [0.5, 0.6) is 0 Å². The van der Waals surface area contributed by atoms with Crippen molar-refractivity contribution in [3.8, 4) is 0 Å². The molecule has 0 atom stereocenters. The van der Waals surface area contributed by atoms with Gasteiger partial charge in [0.2, 0.25) is 0 Å². The van der Waals surface area contributed by atoms with E-state index in [-0.39, 0.29) is 11.5 Å². The van der Waals surface area contributed by atoms with Crippen molar-refractivity contribution in [2.75, 3.05) is 14.1 Å². The van der Waals surface area contributed by atoms with Crippen molar-refractivity contribution >= 4 is 16.7 Å². The van der Waals surface area contributed by atoms with Crippen molar-refractivity contribution in [2.24, 2.45) is 0 Å². The molecule has 1 aromatic heterocycles. The van der Waals surface area contributed by atoms with Crippen LogP contribution < -0.4 is 5.56 Å². The molecule has 2 rings (SSSR count). The molecule has 0 saturated carbocycles. The zero-order chi connectivity index (χ0) is 14.9. The van der Waals surface area contributed by atoms with Crippen LogP contribution in [0.1, 0.15) is 23.8 Å². The Kier molecular flexibility index (Phi) is 3.88. The summed E-state index contributed by atoms with van der Waals surface area (Å²) in [7, 11) is 3.25. The van der Waals surface area contributed by atoms with Crippen molar-refractivity contribution in [1.82, 2.24) is 9.47 Å². The van der Waals surface area contributed by atoms with Gasteiger partial charge in [-0.15, -0.1) is 0 Å². The van der Waals surface area contributed by atoms with Crippen molar-refractivity contribution in [3.63, 3.8) is 0 Å². The smallest absolute Gasteiger partial charge is 0.270 e. The maximum Gasteiger partial charge on any atom is 0.270 e. The highest BCUT2D eigenvalue weighted by Crippen LogP contribution is 2.15. The van der Waals surface area contributed by atoms with E-state index >= 15 is 0 Å². The number of benzene rings is 1. The number of nitrogens with zero attached hydrogens (tertiary/aromatic N) is 2. The molecule has 0 saturated heterocycles. The van der Waals surface area contributed by atoms with Crippen LogP contribution in [0, 0.1) is 5.82 Å². The maximum atomic E-state index is 13.3. The second-order valence-corrected chi connectivity index (χ2v) is 4.92. The Balaban J connectivity index is 2.80. The number of carbonyl (C=O) groups excluding carboxylic acids is 1. The summed E-state index contributed by atoms with van der Waals surface area (Å²) in [6.45, 7) is 2.40. The van der Waals surface area contributed by atoms with Gasteiger partial charge in [-0.2, -0.15) is 0 Å². The molecule has 2 aromatic rings. The van der Waals surface area contributed by atoms with E-state index in [0.717, 1.165) is 6.42 Å². The van der Waals surface area contributed by atoms with Gasteiger partial charge in [-0.05, 0) is 36.1 Å². The van der Waals surface area contributed by atoms with Gasteiger partial charge >= 0.3 is 0 Å². The standard InChI is InChI=1S/C15H17FN2O2/c1-4-7-18-13(15(20)17(2)3)9-10-8-11(16)5-6-12(10)14(18)19/h5-6,8-9H,4,7H2,1-3H3. The van der Waals surface area contributed by atoms with Gasteiger partial charge in [0, 0.05) is 26.0 Å². The van der Waals surface area contributed by atoms with Gasteiger partial charge < -0.3 is 9.47 Å². The molecule has 0 aliphatic heterocycles. The van der Waals surface area contributed by atoms with Gasteiger partial charge in [-0.25, -0.2) is 4.39 Å². The van der Waals surface area contributed by atoms with Gasteiger partial charge in [0.1, 0.15) is 11.5 Å². The first-order chi connectivity index (χ1) is 9.45. The number of rotatable bonds is 3. The second-order valence-electron chi connectivity index (χ2n) is 4.92. The molecule has 1 amide bonds. The number of hydrogen-bond acceptors (Lipinski definition) is 2. The van der Waals surface area contributed by atoms with Crippen LogP contribution in [0.15, 0.2) is 29.1 Å². The molecule has 1 aromatic carbocycles. The van der Waals surface area contributed by atoms with Gasteiger partial charge in [-0.3, -0.25) is 9.59 Å². The van der Waals surface area contributed by atoms with E-state index in [2.05, 4.69) is 0 Å². The fourth-order valence-electron chi connectivity index (χ4n) is 2.18. The molecule has 4 nitrogen and oxygen atoms in total. The topological polar surface area (TPSA) is 42.3 Å². The third-order valence-electron chi connectivity index (χ3n) is 3.14. The lowest BCUT2D eigenvalue weighted by Gasteiger charge is -2.16. The second kappa shape index (κ2) is 5.45. The Morgan fingerprint density at radius 3 is 2.60 bits per heavy atom. The molecule has 0 N–H and O–H groups in total. The summed E-state index contributed by atoms with van der Waals surface area (Å²) in [6, 6.07) is 5.58. The Morgan fingerprint density at radius 1 is 1.30 bits per heavy atom. The van der Waals surface area contributed by atoms with E-state index in [9.17, 15) is 14.0 Å². The molecule has 5 heteroatoms. The van der Waals surface area contributed by atoms with Crippen LogP contribution >= 0.6 is 0 Å². The zero-order valence-electron chi connectivity index (χ0n) is 11.8. The lowest BCUT2D eigenvalue weighted by atomic mass is 10.1. The Hall–Kier alpha value is -2.17. The minimum atomic E-state index is -0.423. The Labute approximate surface area is 116 Å². The first kappa shape index (κ1) is 14.2. The summed E-state index contributed by atoms with van der Waals surface area (Å²) in [5, 5.41) is 0.878. The summed E-state index contributed by atoms with van der Waals surface area (Å²) in [5.41, 5.74) is 0.0366. The maximum absolute atomic E-state index is 13.3. The number of amides is 1. The largest absolute Gasteiger partial charge is 0.343 e. The Morgan fingerprint density at radius 2 is 2.00 bits per heavy atom. The van der Waals surface area contributed by atoms with Crippen LogP contribution in [0.4, 0.5) is 4.39 Å². The van der Waals surface area contributed by atoms with Crippen molar-refractivity contribution < 1.29 is 9.18 Å². The average molecular weight is 276 g/mol. The van der Waals surface area contributed by atoms with Crippen LogP contribution in [0.2, 0.25) is 0 Å². The molecular formula is C15H17FN2O2. The minimum Gasteiger partial charge on any atom is -0.343 e. The van der Waals surface area contributed by atoms with Crippen LogP contribution in [0.3, 0.4) is 0 Å². The number of fused-ring (bicyclic) bond motifs is 1. The minimum absolute atomic E-state index is 0.255. The van der Waals surface area contributed by atoms with Crippen molar-refractivity contribution in [3.05, 3.63) is 46.1 Å². The fraction of sp³-hybridized carbons (Fsp3) is 0.333. The number of carbonyl (C=O) groups is 1. The van der Waals surface area contributed by atoms with E-state index in [1.165, 1.54) is 27.7 Å². The van der Waals surface area contributed by atoms with Gasteiger partial charge in [0.15, 0.2) is 0 Å². The van der Waals surface area contributed by atoms with Crippen LogP contribution in [0.25, 0.3) is 10.8 Å². The third kappa shape index (κ3) is 2.43. The number of halogens is 1. The average Bonchev–Trinajstić information content (AvgIpc) is 2.40. The normalized spacial score (nSPS) is 10.8. The molecule has 0 aliphatic carbocycles. The highest BCUT2D eigenvalue weighted by atomic mass is 19.1. The van der Waals surface area contributed by atoms with Gasteiger partial charge in [-0.1, -0.05) is 6.92 Å². The molecule has 0 bridgehead atoms. The lowest BCUT2D eigenvalue weighted by molar-refractivity contribution is 0.0815. The molecule has 1 heterocycles. The first-order valence-corrected chi connectivity index (χ1v) is 6.50. The highest BCUT2D eigenvalue weighted by molar-refractivity contribution is 5.96. The quantitative estimate of drug-likeness (QED) is 0.863. The predicted molar refractivity (Wildman–Crippen MR) is 76.5 cm³/mol. The van der Waals surface area contributed by atoms with E-state index in [0.29, 0.717) is 23.0 Å². The van der Waals surface area contributed by atoms with Gasteiger partial charge in [0.25, 0.3) is 11.5 Å². The van der Waals surface area contributed by atoms with E-state index in [1.807, 2.05) is 6.92 Å². The number of hydrogen-bond donors (Lipinski definition) is 0. The summed E-state index contributed by atoms with van der Waals surface area (Å²) in [6.07, 6.45) is 0.736. The third-order valence-corrected chi connectivity index (χ3v) is 3.14. The predicted octanol–water partition coefficient (Wildman–Crippen LogP) is 2.25. The lowest BCUT2D eigenvalue weighted by Crippen LogP contribution is -2.31. The summed E-state index contributed by atoms with van der Waals surface area (Å²) in [4.78, 5) is 26.0. The van der Waals surface area contributed by atoms with Crippen LogP contribution in [-0.2, 0) is 6.54 Å². The molecule has 0 unspecified atom stereocenters. The molecule has 0 radical (unpaired) electrons. The zero-order valence-corrected chi connectivity index (χ0v) is 11.8. The van der Waals surface area contributed by atoms with Crippen molar-refractivity contribution in [1.29, 1.82) is 0 Å².